The maximum atomic E-state index is 13.6. The number of thioether (sulfide) groups is 1. The maximum Gasteiger partial charge on any atom is 0.305 e. The van der Waals surface area contributed by atoms with E-state index in [1.807, 2.05) is 0 Å². The highest BCUT2D eigenvalue weighted by Crippen LogP contribution is 2.23. The molecular formula is C12H8ClF2N3O3S. The van der Waals surface area contributed by atoms with E-state index in [0.29, 0.717) is 0 Å². The minimum atomic E-state index is -1.11. The smallest absolute Gasteiger partial charge is 0.305 e. The van der Waals surface area contributed by atoms with Gasteiger partial charge in [0.2, 0.25) is 5.91 Å². The Morgan fingerprint density at radius 1 is 1.50 bits per heavy atom. The van der Waals surface area contributed by atoms with Crippen LogP contribution in [0.25, 0.3) is 0 Å². The molecule has 6 nitrogen and oxygen atoms in total. The second kappa shape index (κ2) is 6.84. The third-order valence-electron chi connectivity index (χ3n) is 2.55. The molecular weight excluding hydrogens is 340 g/mol. The average Bonchev–Trinajstić information content (AvgIpc) is 2.78. The van der Waals surface area contributed by atoms with Gasteiger partial charge in [-0.15, -0.1) is 5.10 Å². The van der Waals surface area contributed by atoms with Crippen molar-refractivity contribution < 1.29 is 23.5 Å². The Morgan fingerprint density at radius 2 is 2.23 bits per heavy atom. The van der Waals surface area contributed by atoms with Crippen molar-refractivity contribution in [2.75, 3.05) is 0 Å². The van der Waals surface area contributed by atoms with E-state index in [2.05, 4.69) is 15.5 Å². The summed E-state index contributed by atoms with van der Waals surface area (Å²) in [5, 5.41) is 16.8. The fourth-order valence-electron chi connectivity index (χ4n) is 1.53. The summed E-state index contributed by atoms with van der Waals surface area (Å²) in [5.74, 6) is -3.46. The average molecular weight is 348 g/mol. The fourth-order valence-corrected chi connectivity index (χ4v) is 2.62. The van der Waals surface area contributed by atoms with Crippen molar-refractivity contribution in [2.45, 2.75) is 11.7 Å². The lowest BCUT2D eigenvalue weighted by atomic mass is 10.2. The molecule has 1 aliphatic rings. The van der Waals surface area contributed by atoms with Gasteiger partial charge < -0.3 is 10.4 Å². The van der Waals surface area contributed by atoms with E-state index in [4.69, 9.17) is 16.7 Å². The third kappa shape index (κ3) is 3.80. The number of hydrogen-bond donors (Lipinski definition) is 2. The molecule has 1 amide bonds. The molecule has 116 valence electrons. The second-order valence-electron chi connectivity index (χ2n) is 4.11. The van der Waals surface area contributed by atoms with Crippen LogP contribution in [-0.2, 0) is 9.59 Å². The Balaban J connectivity index is 2.08. The number of carbonyl (C=O) groups excluding carboxylic acids is 1. The number of carboxylic acids is 1. The topological polar surface area (TPSA) is 91.1 Å². The SMILES string of the molecule is O=C(O)CC1SC(=NN=Cc2ccc(F)c(Cl)c2F)NC1=O. The van der Waals surface area contributed by atoms with Gasteiger partial charge in [-0.2, -0.15) is 5.10 Å². The van der Waals surface area contributed by atoms with Crippen LogP contribution >= 0.6 is 23.4 Å². The van der Waals surface area contributed by atoms with Gasteiger partial charge in [0.05, 0.1) is 12.6 Å². The number of amidine groups is 1. The normalized spacial score (nSPS) is 19.9. The van der Waals surface area contributed by atoms with Crippen molar-refractivity contribution in [1.82, 2.24) is 5.32 Å². The molecule has 2 N–H and O–H groups in total. The molecule has 1 aromatic rings. The Hall–Kier alpha value is -2.00. The number of halogens is 3. The second-order valence-corrected chi connectivity index (χ2v) is 5.68. The van der Waals surface area contributed by atoms with E-state index in [-0.39, 0.29) is 17.2 Å². The molecule has 1 aliphatic heterocycles. The Morgan fingerprint density at radius 3 is 2.91 bits per heavy atom. The lowest BCUT2D eigenvalue weighted by molar-refractivity contribution is -0.138. The third-order valence-corrected chi connectivity index (χ3v) is 3.97. The number of amides is 1. The summed E-state index contributed by atoms with van der Waals surface area (Å²) >= 11 is 6.32. The minimum absolute atomic E-state index is 0.0767. The van der Waals surface area contributed by atoms with Crippen molar-refractivity contribution >= 4 is 46.6 Å². The van der Waals surface area contributed by atoms with Gasteiger partial charge in [0.15, 0.2) is 11.0 Å². The molecule has 0 bridgehead atoms. The zero-order chi connectivity index (χ0) is 16.3. The summed E-state index contributed by atoms with van der Waals surface area (Å²) < 4.78 is 26.6. The first-order chi connectivity index (χ1) is 10.4. The highest BCUT2D eigenvalue weighted by Gasteiger charge is 2.32. The number of nitrogens with zero attached hydrogens (tertiary/aromatic N) is 2. The van der Waals surface area contributed by atoms with Gasteiger partial charge in [0.25, 0.3) is 0 Å². The highest BCUT2D eigenvalue weighted by atomic mass is 35.5. The van der Waals surface area contributed by atoms with Gasteiger partial charge in [-0.25, -0.2) is 8.78 Å². The number of carboxylic acid groups (broad SMARTS) is 1. The van der Waals surface area contributed by atoms with E-state index < -0.39 is 33.8 Å². The van der Waals surface area contributed by atoms with Crippen LogP contribution < -0.4 is 5.32 Å². The molecule has 1 saturated heterocycles. The van der Waals surface area contributed by atoms with Gasteiger partial charge in [0, 0.05) is 5.56 Å². The van der Waals surface area contributed by atoms with Crippen molar-refractivity contribution in [3.8, 4) is 0 Å². The number of carbonyl (C=O) groups is 2. The van der Waals surface area contributed by atoms with Crippen LogP contribution in [0, 0.1) is 11.6 Å². The van der Waals surface area contributed by atoms with Gasteiger partial charge in [0.1, 0.15) is 16.1 Å². The standard InChI is InChI=1S/C12H8ClF2N3O3S/c13-9-6(14)2-1-5(10(9)15)4-16-18-12-17-11(21)7(22-12)3-8(19)20/h1-2,4,7H,3H2,(H,19,20)(H,17,18,21). The van der Waals surface area contributed by atoms with Crippen molar-refractivity contribution in [2.24, 2.45) is 10.2 Å². The summed E-state index contributed by atoms with van der Waals surface area (Å²) in [6.45, 7) is 0. The van der Waals surface area contributed by atoms with Crippen LogP contribution in [0.3, 0.4) is 0 Å². The molecule has 1 fully saturated rings. The zero-order valence-electron chi connectivity index (χ0n) is 10.7. The lowest BCUT2D eigenvalue weighted by Crippen LogP contribution is -2.26. The van der Waals surface area contributed by atoms with Gasteiger partial charge in [-0.1, -0.05) is 23.4 Å². The summed E-state index contributed by atoms with van der Waals surface area (Å²) in [7, 11) is 0. The molecule has 1 heterocycles. The maximum absolute atomic E-state index is 13.6. The monoisotopic (exact) mass is 347 g/mol. The van der Waals surface area contributed by atoms with E-state index in [1.165, 1.54) is 0 Å². The Labute approximate surface area is 132 Å². The van der Waals surface area contributed by atoms with Crippen LogP contribution in [0.4, 0.5) is 8.78 Å². The first-order valence-corrected chi connectivity index (χ1v) is 7.08. The summed E-state index contributed by atoms with van der Waals surface area (Å²) in [5.41, 5.74) is -0.0767. The van der Waals surface area contributed by atoms with E-state index in [9.17, 15) is 18.4 Å². The summed E-state index contributed by atoms with van der Waals surface area (Å²) in [6, 6.07) is 2.11. The number of benzene rings is 1. The van der Waals surface area contributed by atoms with Crippen LogP contribution in [0.15, 0.2) is 22.3 Å². The quantitative estimate of drug-likeness (QED) is 0.495. The highest BCUT2D eigenvalue weighted by molar-refractivity contribution is 8.15. The van der Waals surface area contributed by atoms with E-state index >= 15 is 0 Å². The molecule has 2 rings (SSSR count). The molecule has 0 radical (unpaired) electrons. The predicted octanol–water partition coefficient (Wildman–Crippen LogP) is 2.01. The molecule has 10 heteroatoms. The van der Waals surface area contributed by atoms with Crippen LogP contribution in [0.2, 0.25) is 5.02 Å². The van der Waals surface area contributed by atoms with Gasteiger partial charge >= 0.3 is 5.97 Å². The molecule has 22 heavy (non-hydrogen) atoms. The van der Waals surface area contributed by atoms with E-state index in [0.717, 1.165) is 30.1 Å². The minimum Gasteiger partial charge on any atom is -0.481 e. The van der Waals surface area contributed by atoms with Crippen molar-refractivity contribution in [1.29, 1.82) is 0 Å². The molecule has 1 unspecified atom stereocenters. The largest absolute Gasteiger partial charge is 0.481 e. The fraction of sp³-hybridized carbons (Fsp3) is 0.167. The molecule has 0 aliphatic carbocycles. The number of rotatable bonds is 4. The molecule has 1 aromatic carbocycles. The zero-order valence-corrected chi connectivity index (χ0v) is 12.3. The van der Waals surface area contributed by atoms with Crippen LogP contribution in [0.1, 0.15) is 12.0 Å². The Kier molecular flexibility index (Phi) is 5.09. The van der Waals surface area contributed by atoms with E-state index in [1.54, 1.807) is 0 Å². The van der Waals surface area contributed by atoms with Gasteiger partial charge in [-0.05, 0) is 12.1 Å². The number of hydrogen-bond acceptors (Lipinski definition) is 5. The molecule has 1 atom stereocenters. The van der Waals surface area contributed by atoms with Crippen molar-refractivity contribution in [3.05, 3.63) is 34.4 Å². The number of nitrogens with one attached hydrogen (secondary N) is 1. The first-order valence-electron chi connectivity index (χ1n) is 5.82. The molecule has 0 aromatic heterocycles. The first kappa shape index (κ1) is 16.4. The van der Waals surface area contributed by atoms with Crippen LogP contribution in [-0.4, -0.2) is 33.6 Å². The molecule has 0 saturated carbocycles. The van der Waals surface area contributed by atoms with Crippen LogP contribution in [0.5, 0.6) is 0 Å². The number of aliphatic carboxylic acids is 1. The predicted molar refractivity (Wildman–Crippen MR) is 78.2 cm³/mol. The lowest BCUT2D eigenvalue weighted by Gasteiger charge is -1.99. The Bertz CT molecular complexity index is 696. The summed E-state index contributed by atoms with van der Waals surface area (Å²) in [4.78, 5) is 22.0. The van der Waals surface area contributed by atoms with Crippen molar-refractivity contribution in [3.63, 3.8) is 0 Å². The van der Waals surface area contributed by atoms with Gasteiger partial charge in [-0.3, -0.25) is 9.59 Å². The summed E-state index contributed by atoms with van der Waals surface area (Å²) in [6.07, 6.45) is 0.659. The molecule has 0 spiro atoms.